The van der Waals surface area contributed by atoms with Crippen molar-refractivity contribution in [2.45, 2.75) is 17.6 Å². The lowest BCUT2D eigenvalue weighted by Gasteiger charge is -2.09. The molecule has 2 rings (SSSR count). The number of rotatable bonds is 6. The van der Waals surface area contributed by atoms with Gasteiger partial charge in [-0.25, -0.2) is 8.42 Å². The Morgan fingerprint density at radius 1 is 1.29 bits per heavy atom. The van der Waals surface area contributed by atoms with Gasteiger partial charge in [0, 0.05) is 23.6 Å². The van der Waals surface area contributed by atoms with Crippen LogP contribution in [0.2, 0.25) is 0 Å². The van der Waals surface area contributed by atoms with Gasteiger partial charge >= 0.3 is 0 Å². The van der Waals surface area contributed by atoms with E-state index in [9.17, 15) is 8.42 Å². The molecule has 2 N–H and O–H groups in total. The van der Waals surface area contributed by atoms with Crippen LogP contribution in [-0.2, 0) is 16.4 Å². The molecule has 0 fully saturated rings. The first-order chi connectivity index (χ1) is 9.96. The number of hydrogen-bond donors (Lipinski definition) is 2. The molecule has 0 amide bonds. The summed E-state index contributed by atoms with van der Waals surface area (Å²) >= 11 is 1.16. The number of ether oxygens (including phenoxy) is 1. The van der Waals surface area contributed by atoms with Crippen molar-refractivity contribution < 1.29 is 18.3 Å². The number of anilines is 1. The normalized spacial score (nSPS) is 11.4. The number of hydrogen-bond acceptors (Lipinski definition) is 5. The molecule has 5 nitrogen and oxygen atoms in total. The maximum Gasteiger partial charge on any atom is 0.271 e. The van der Waals surface area contributed by atoms with Gasteiger partial charge in [0.2, 0.25) is 0 Å². The molecular weight excluding hydrogens is 310 g/mol. The number of benzene rings is 1. The maximum absolute atomic E-state index is 12.3. The minimum Gasteiger partial charge on any atom is -0.496 e. The summed E-state index contributed by atoms with van der Waals surface area (Å²) in [4.78, 5) is 0.837. The molecule has 0 aliphatic rings. The smallest absolute Gasteiger partial charge is 0.271 e. The third-order valence-corrected chi connectivity index (χ3v) is 5.93. The molecular formula is C14H17NO4S2. The van der Waals surface area contributed by atoms with Crippen molar-refractivity contribution in [1.29, 1.82) is 0 Å². The van der Waals surface area contributed by atoms with Gasteiger partial charge in [-0.05, 0) is 42.8 Å². The zero-order valence-electron chi connectivity index (χ0n) is 11.8. The molecule has 1 aromatic heterocycles. The van der Waals surface area contributed by atoms with E-state index in [2.05, 4.69) is 4.72 Å². The van der Waals surface area contributed by atoms with Crippen LogP contribution in [0.1, 0.15) is 10.4 Å². The van der Waals surface area contributed by atoms with Crippen molar-refractivity contribution in [3.63, 3.8) is 0 Å². The van der Waals surface area contributed by atoms with Crippen LogP contribution in [0.4, 0.5) is 5.69 Å². The fourth-order valence-electron chi connectivity index (χ4n) is 1.89. The molecule has 1 aromatic carbocycles. The topological polar surface area (TPSA) is 75.6 Å². The third kappa shape index (κ3) is 3.75. The Kier molecular flexibility index (Phi) is 4.87. The number of nitrogens with one attached hydrogen (secondary N) is 1. The number of sulfonamides is 1. The Hall–Kier alpha value is -1.57. The van der Waals surface area contributed by atoms with Gasteiger partial charge < -0.3 is 9.84 Å². The highest BCUT2D eigenvalue weighted by Crippen LogP contribution is 2.26. The minimum absolute atomic E-state index is 0.00506. The number of thiophene rings is 1. The molecule has 1 heterocycles. The highest BCUT2D eigenvalue weighted by Gasteiger charge is 2.17. The Morgan fingerprint density at radius 2 is 2.05 bits per heavy atom. The standard InChI is InChI=1S/C14H17NO4S2/c1-10-9-11(3-5-13(10)19-2)15-21(17,18)14-6-4-12(20-14)7-8-16/h3-6,9,15-16H,7-8H2,1-2H3. The number of methoxy groups -OCH3 is 1. The lowest BCUT2D eigenvalue weighted by atomic mass is 10.2. The fourth-order valence-corrected chi connectivity index (χ4v) is 4.29. The van der Waals surface area contributed by atoms with E-state index in [1.165, 1.54) is 0 Å². The first-order valence-electron chi connectivity index (χ1n) is 6.33. The van der Waals surface area contributed by atoms with Crippen molar-refractivity contribution in [3.8, 4) is 5.75 Å². The van der Waals surface area contributed by atoms with Crippen molar-refractivity contribution in [2.24, 2.45) is 0 Å². The first-order valence-corrected chi connectivity index (χ1v) is 8.63. The fraction of sp³-hybridized carbons (Fsp3) is 0.286. The molecule has 114 valence electrons. The second kappa shape index (κ2) is 6.46. The summed E-state index contributed by atoms with van der Waals surface area (Å²) in [6.45, 7) is 1.85. The van der Waals surface area contributed by atoms with Gasteiger partial charge in [0.1, 0.15) is 9.96 Å². The molecule has 0 radical (unpaired) electrons. The average molecular weight is 327 g/mol. The van der Waals surface area contributed by atoms with Gasteiger partial charge in [0.25, 0.3) is 10.0 Å². The summed E-state index contributed by atoms with van der Waals surface area (Å²) < 4.78 is 32.5. The zero-order chi connectivity index (χ0) is 15.5. The van der Waals surface area contributed by atoms with Crippen molar-refractivity contribution >= 4 is 27.0 Å². The highest BCUT2D eigenvalue weighted by molar-refractivity contribution is 7.94. The summed E-state index contributed by atoms with van der Waals surface area (Å²) in [5, 5.41) is 8.88. The lowest BCUT2D eigenvalue weighted by Crippen LogP contribution is -2.11. The first kappa shape index (κ1) is 15.8. The molecule has 0 spiro atoms. The number of aliphatic hydroxyl groups excluding tert-OH is 1. The summed E-state index contributed by atoms with van der Waals surface area (Å²) in [5.74, 6) is 0.708. The second-order valence-electron chi connectivity index (χ2n) is 4.48. The molecule has 0 unspecified atom stereocenters. The Balaban J connectivity index is 2.22. The maximum atomic E-state index is 12.3. The summed E-state index contributed by atoms with van der Waals surface area (Å²) in [5.41, 5.74) is 1.34. The van der Waals surface area contributed by atoms with Crippen molar-refractivity contribution in [1.82, 2.24) is 0 Å². The average Bonchev–Trinajstić information content (AvgIpc) is 2.88. The molecule has 0 atom stereocenters. The minimum atomic E-state index is -3.60. The van der Waals surface area contributed by atoms with Crippen LogP contribution in [0.3, 0.4) is 0 Å². The predicted molar refractivity (Wildman–Crippen MR) is 83.6 cm³/mol. The van der Waals surface area contributed by atoms with E-state index < -0.39 is 10.0 Å². The van der Waals surface area contributed by atoms with Crippen LogP contribution >= 0.6 is 11.3 Å². The van der Waals surface area contributed by atoms with Crippen LogP contribution in [0.5, 0.6) is 5.75 Å². The van der Waals surface area contributed by atoms with Crippen LogP contribution in [-0.4, -0.2) is 27.2 Å². The Bertz CT molecular complexity index is 722. The van der Waals surface area contributed by atoms with Gasteiger partial charge in [-0.15, -0.1) is 11.3 Å². The van der Waals surface area contributed by atoms with Crippen molar-refractivity contribution in [2.75, 3.05) is 18.4 Å². The van der Waals surface area contributed by atoms with Crippen LogP contribution in [0, 0.1) is 6.92 Å². The molecule has 0 saturated heterocycles. The van der Waals surface area contributed by atoms with Gasteiger partial charge in [-0.3, -0.25) is 4.72 Å². The molecule has 0 aliphatic heterocycles. The second-order valence-corrected chi connectivity index (χ2v) is 7.56. The van der Waals surface area contributed by atoms with Crippen LogP contribution in [0.25, 0.3) is 0 Å². The van der Waals surface area contributed by atoms with Gasteiger partial charge in [-0.1, -0.05) is 0 Å². The Labute approximate surface area is 128 Å². The quantitative estimate of drug-likeness (QED) is 0.854. The molecule has 0 saturated carbocycles. The van der Waals surface area contributed by atoms with E-state index >= 15 is 0 Å². The molecule has 7 heteroatoms. The summed E-state index contributed by atoms with van der Waals surface area (Å²) in [7, 11) is -2.03. The largest absolute Gasteiger partial charge is 0.496 e. The molecule has 2 aromatic rings. The Morgan fingerprint density at radius 3 is 2.67 bits per heavy atom. The monoisotopic (exact) mass is 327 g/mol. The molecule has 0 bridgehead atoms. The van der Waals surface area contributed by atoms with E-state index in [1.807, 2.05) is 6.92 Å². The van der Waals surface area contributed by atoms with E-state index in [4.69, 9.17) is 9.84 Å². The van der Waals surface area contributed by atoms with E-state index in [-0.39, 0.29) is 10.8 Å². The number of aliphatic hydroxyl groups is 1. The summed E-state index contributed by atoms with van der Waals surface area (Å²) in [6.07, 6.45) is 0.460. The zero-order valence-corrected chi connectivity index (χ0v) is 13.4. The number of aryl methyl sites for hydroxylation is 1. The van der Waals surface area contributed by atoms with E-state index in [0.717, 1.165) is 21.8 Å². The predicted octanol–water partition coefficient (Wildman–Crippen LogP) is 2.40. The molecule has 21 heavy (non-hydrogen) atoms. The van der Waals surface area contributed by atoms with Gasteiger partial charge in [0.15, 0.2) is 0 Å². The highest BCUT2D eigenvalue weighted by atomic mass is 32.2. The summed E-state index contributed by atoms with van der Waals surface area (Å²) in [6, 6.07) is 8.37. The van der Waals surface area contributed by atoms with E-state index in [1.54, 1.807) is 37.4 Å². The van der Waals surface area contributed by atoms with Crippen LogP contribution < -0.4 is 9.46 Å². The molecule has 0 aliphatic carbocycles. The van der Waals surface area contributed by atoms with E-state index in [0.29, 0.717) is 17.9 Å². The van der Waals surface area contributed by atoms with Crippen molar-refractivity contribution in [3.05, 3.63) is 40.8 Å². The lowest BCUT2D eigenvalue weighted by molar-refractivity contribution is 0.300. The third-order valence-electron chi connectivity index (χ3n) is 2.91. The van der Waals surface area contributed by atoms with Crippen LogP contribution in [0.15, 0.2) is 34.5 Å². The van der Waals surface area contributed by atoms with Gasteiger partial charge in [-0.2, -0.15) is 0 Å². The SMILES string of the molecule is COc1ccc(NS(=O)(=O)c2ccc(CCO)s2)cc1C. The van der Waals surface area contributed by atoms with Gasteiger partial charge in [0.05, 0.1) is 7.11 Å².